The number of nitrogens with one attached hydrogen (secondary N) is 1. The molecule has 1 amide bonds. The maximum absolute atomic E-state index is 13.3. The zero-order valence-corrected chi connectivity index (χ0v) is 19.5. The third-order valence-electron chi connectivity index (χ3n) is 4.71. The fourth-order valence-corrected chi connectivity index (χ4v) is 4.28. The predicted octanol–water partition coefficient (Wildman–Crippen LogP) is 5.52. The number of halogens is 2. The summed E-state index contributed by atoms with van der Waals surface area (Å²) < 4.78 is 1.43. The summed E-state index contributed by atoms with van der Waals surface area (Å²) in [5.74, 6) is 0.136. The quantitative estimate of drug-likeness (QED) is 0.298. The molecule has 1 unspecified atom stereocenters. The van der Waals surface area contributed by atoms with E-state index >= 15 is 0 Å². The SMILES string of the molecule is Cc1ccc(-n2c(SC(C)C(=O)Nc3cc(Cl)ccc3Cl)nc3ccccc3c2=O)nc1. The van der Waals surface area contributed by atoms with Gasteiger partial charge in [-0.25, -0.2) is 14.5 Å². The first-order valence-corrected chi connectivity index (χ1v) is 11.3. The number of benzene rings is 2. The highest BCUT2D eigenvalue weighted by Gasteiger charge is 2.21. The molecule has 0 aliphatic rings. The Hall–Kier alpha value is -2.87. The minimum absolute atomic E-state index is 0.250. The first-order valence-electron chi connectivity index (χ1n) is 9.71. The van der Waals surface area contributed by atoms with E-state index in [1.54, 1.807) is 55.6 Å². The van der Waals surface area contributed by atoms with Gasteiger partial charge in [-0.3, -0.25) is 9.59 Å². The molecule has 6 nitrogen and oxygen atoms in total. The fourth-order valence-electron chi connectivity index (χ4n) is 3.02. The number of amides is 1. The van der Waals surface area contributed by atoms with Gasteiger partial charge in [0.2, 0.25) is 5.91 Å². The van der Waals surface area contributed by atoms with Crippen LogP contribution in [-0.2, 0) is 4.79 Å². The summed E-state index contributed by atoms with van der Waals surface area (Å²) in [6.45, 7) is 3.65. The molecule has 0 spiro atoms. The minimum Gasteiger partial charge on any atom is -0.324 e. The van der Waals surface area contributed by atoms with Gasteiger partial charge in [0.05, 0.1) is 26.9 Å². The lowest BCUT2D eigenvalue weighted by molar-refractivity contribution is -0.115. The Morgan fingerprint density at radius 1 is 1.12 bits per heavy atom. The van der Waals surface area contributed by atoms with Crippen LogP contribution in [0.2, 0.25) is 10.0 Å². The number of fused-ring (bicyclic) bond motifs is 1. The summed E-state index contributed by atoms with van der Waals surface area (Å²) >= 11 is 13.3. The van der Waals surface area contributed by atoms with Crippen LogP contribution in [0.25, 0.3) is 16.7 Å². The Morgan fingerprint density at radius 2 is 1.91 bits per heavy atom. The highest BCUT2D eigenvalue weighted by Crippen LogP contribution is 2.28. The summed E-state index contributed by atoms with van der Waals surface area (Å²) in [7, 11) is 0. The smallest absolute Gasteiger partial charge is 0.267 e. The number of para-hydroxylation sites is 1. The van der Waals surface area contributed by atoms with E-state index in [0.717, 1.165) is 17.3 Å². The van der Waals surface area contributed by atoms with Gasteiger partial charge in [-0.15, -0.1) is 0 Å². The average molecular weight is 485 g/mol. The van der Waals surface area contributed by atoms with E-state index in [1.807, 2.05) is 19.1 Å². The van der Waals surface area contributed by atoms with E-state index in [4.69, 9.17) is 23.2 Å². The maximum atomic E-state index is 13.3. The van der Waals surface area contributed by atoms with Crippen LogP contribution in [0.5, 0.6) is 0 Å². The number of nitrogens with zero attached hydrogens (tertiary/aromatic N) is 3. The van der Waals surface area contributed by atoms with E-state index in [0.29, 0.717) is 37.6 Å². The maximum Gasteiger partial charge on any atom is 0.267 e. The molecule has 0 saturated carbocycles. The summed E-state index contributed by atoms with van der Waals surface area (Å²) in [5, 5.41) is 3.87. The van der Waals surface area contributed by atoms with Crippen molar-refractivity contribution in [2.24, 2.45) is 0 Å². The molecule has 0 saturated heterocycles. The lowest BCUT2D eigenvalue weighted by Gasteiger charge is -2.16. The summed E-state index contributed by atoms with van der Waals surface area (Å²) in [4.78, 5) is 35.2. The monoisotopic (exact) mass is 484 g/mol. The van der Waals surface area contributed by atoms with Crippen molar-refractivity contribution in [2.75, 3.05) is 5.32 Å². The number of carbonyl (C=O) groups is 1. The zero-order valence-electron chi connectivity index (χ0n) is 17.2. The largest absolute Gasteiger partial charge is 0.324 e. The first-order chi connectivity index (χ1) is 15.3. The summed E-state index contributed by atoms with van der Waals surface area (Å²) in [5.41, 5.74) is 1.69. The molecule has 2 heterocycles. The van der Waals surface area contributed by atoms with E-state index in [1.165, 1.54) is 4.57 Å². The number of carbonyl (C=O) groups excluding carboxylic acids is 1. The van der Waals surface area contributed by atoms with Crippen molar-refractivity contribution < 1.29 is 4.79 Å². The van der Waals surface area contributed by atoms with E-state index < -0.39 is 5.25 Å². The average Bonchev–Trinajstić information content (AvgIpc) is 2.77. The Labute approximate surface area is 198 Å². The number of aryl methyl sites for hydroxylation is 1. The van der Waals surface area contributed by atoms with E-state index in [9.17, 15) is 9.59 Å². The molecule has 0 radical (unpaired) electrons. The second-order valence-electron chi connectivity index (χ2n) is 7.12. The van der Waals surface area contributed by atoms with E-state index in [2.05, 4.69) is 15.3 Å². The first kappa shape index (κ1) is 22.3. The summed E-state index contributed by atoms with van der Waals surface area (Å²) in [6, 6.07) is 15.6. The number of pyridine rings is 1. The van der Waals surface area contributed by atoms with Crippen LogP contribution in [-0.4, -0.2) is 25.7 Å². The minimum atomic E-state index is -0.588. The van der Waals surface area contributed by atoms with Gasteiger partial charge in [-0.2, -0.15) is 0 Å². The highest BCUT2D eigenvalue weighted by atomic mass is 35.5. The normalized spacial score (nSPS) is 12.0. The lowest BCUT2D eigenvalue weighted by atomic mass is 10.2. The Kier molecular flexibility index (Phi) is 6.50. The topological polar surface area (TPSA) is 76.9 Å². The van der Waals surface area contributed by atoms with Gasteiger partial charge in [0.15, 0.2) is 5.16 Å². The van der Waals surface area contributed by atoms with Crippen molar-refractivity contribution in [1.82, 2.24) is 14.5 Å². The number of aromatic nitrogens is 3. The van der Waals surface area contributed by atoms with E-state index in [-0.39, 0.29) is 11.5 Å². The molecule has 4 rings (SSSR count). The second kappa shape index (κ2) is 9.32. The number of thioether (sulfide) groups is 1. The summed E-state index contributed by atoms with van der Waals surface area (Å²) in [6.07, 6.45) is 1.68. The van der Waals surface area contributed by atoms with Crippen molar-refractivity contribution >= 4 is 57.5 Å². The molecular weight excluding hydrogens is 467 g/mol. The molecule has 1 N–H and O–H groups in total. The van der Waals surface area contributed by atoms with Gasteiger partial charge in [0, 0.05) is 11.2 Å². The third-order valence-corrected chi connectivity index (χ3v) is 6.32. The number of rotatable bonds is 5. The lowest BCUT2D eigenvalue weighted by Crippen LogP contribution is -2.26. The molecule has 162 valence electrons. The van der Waals surface area contributed by atoms with Gasteiger partial charge < -0.3 is 5.32 Å². The highest BCUT2D eigenvalue weighted by molar-refractivity contribution is 8.00. The fraction of sp³-hybridized carbons (Fsp3) is 0.130. The van der Waals surface area contributed by atoms with Gasteiger partial charge in [0.25, 0.3) is 5.56 Å². The number of hydrogen-bond acceptors (Lipinski definition) is 5. The standard InChI is InChI=1S/C23H18Cl2N4O2S/c1-13-7-10-20(26-12-13)29-22(31)16-5-3-4-6-18(16)28-23(29)32-14(2)21(30)27-19-11-15(24)8-9-17(19)25/h3-12,14H,1-2H3,(H,27,30). The van der Waals surface area contributed by atoms with Crippen LogP contribution in [0.15, 0.2) is 70.7 Å². The molecular formula is C23H18Cl2N4O2S. The zero-order chi connectivity index (χ0) is 22.8. The van der Waals surface area contributed by atoms with Crippen LogP contribution in [0.3, 0.4) is 0 Å². The molecule has 4 aromatic rings. The molecule has 0 aliphatic carbocycles. The number of anilines is 1. The van der Waals surface area contributed by atoms with Gasteiger partial charge in [-0.1, -0.05) is 53.2 Å². The van der Waals surface area contributed by atoms with Crippen molar-refractivity contribution in [3.63, 3.8) is 0 Å². The Bertz CT molecular complexity index is 1370. The molecule has 2 aromatic carbocycles. The van der Waals surface area contributed by atoms with Gasteiger partial charge in [0.1, 0.15) is 5.82 Å². The van der Waals surface area contributed by atoms with Crippen LogP contribution >= 0.6 is 35.0 Å². The van der Waals surface area contributed by atoms with Gasteiger partial charge >= 0.3 is 0 Å². The second-order valence-corrected chi connectivity index (χ2v) is 9.27. The molecule has 0 bridgehead atoms. The Balaban J connectivity index is 1.72. The van der Waals surface area contributed by atoms with Crippen molar-refractivity contribution in [1.29, 1.82) is 0 Å². The molecule has 9 heteroatoms. The van der Waals surface area contributed by atoms with Crippen LogP contribution in [0.4, 0.5) is 5.69 Å². The molecule has 32 heavy (non-hydrogen) atoms. The van der Waals surface area contributed by atoms with Crippen molar-refractivity contribution in [2.45, 2.75) is 24.3 Å². The van der Waals surface area contributed by atoms with Gasteiger partial charge in [-0.05, 0) is 55.8 Å². The molecule has 0 fully saturated rings. The predicted molar refractivity (Wildman–Crippen MR) is 130 cm³/mol. The molecule has 0 aliphatic heterocycles. The number of hydrogen-bond donors (Lipinski definition) is 1. The Morgan fingerprint density at radius 3 is 2.66 bits per heavy atom. The van der Waals surface area contributed by atoms with Crippen molar-refractivity contribution in [3.05, 3.63) is 86.8 Å². The molecule has 2 aromatic heterocycles. The molecule has 1 atom stereocenters. The van der Waals surface area contributed by atoms with Crippen LogP contribution in [0, 0.1) is 6.92 Å². The van der Waals surface area contributed by atoms with Crippen LogP contribution < -0.4 is 10.9 Å². The van der Waals surface area contributed by atoms with Crippen LogP contribution in [0.1, 0.15) is 12.5 Å². The van der Waals surface area contributed by atoms with Crippen molar-refractivity contribution in [3.8, 4) is 5.82 Å². The third kappa shape index (κ3) is 4.65.